The molecule has 1 aromatic rings. The monoisotopic (exact) mass is 330 g/mol. The Morgan fingerprint density at radius 1 is 1.56 bits per heavy atom. The molecule has 2 heterocycles. The van der Waals surface area contributed by atoms with Crippen molar-refractivity contribution < 1.29 is 9.59 Å². The standard InChI is InChI=1S/C12H15BrN2O2S/c1-2-3-10-12(17)15(6-11(16)14-10)5-9-4-8(13)7-18-9/h4,7,10H,2-3,5-6H2,1H3,(H,14,16). The molecule has 1 aromatic heterocycles. The van der Waals surface area contributed by atoms with E-state index in [0.717, 1.165) is 15.8 Å². The average Bonchev–Trinajstić information content (AvgIpc) is 2.71. The Morgan fingerprint density at radius 2 is 2.33 bits per heavy atom. The Kier molecular flexibility index (Phi) is 4.40. The fraction of sp³-hybridized carbons (Fsp3) is 0.500. The molecule has 1 unspecified atom stereocenters. The van der Waals surface area contributed by atoms with Crippen molar-refractivity contribution in [1.29, 1.82) is 0 Å². The summed E-state index contributed by atoms with van der Waals surface area (Å²) in [7, 11) is 0. The first-order valence-electron chi connectivity index (χ1n) is 5.91. The summed E-state index contributed by atoms with van der Waals surface area (Å²) in [6, 6.07) is 1.64. The summed E-state index contributed by atoms with van der Waals surface area (Å²) in [5, 5.41) is 4.73. The first kappa shape index (κ1) is 13.5. The zero-order valence-electron chi connectivity index (χ0n) is 10.1. The predicted molar refractivity (Wildman–Crippen MR) is 74.3 cm³/mol. The summed E-state index contributed by atoms with van der Waals surface area (Å²) in [4.78, 5) is 26.5. The van der Waals surface area contributed by atoms with E-state index in [1.807, 2.05) is 18.4 Å². The maximum atomic E-state index is 12.2. The third kappa shape index (κ3) is 3.11. The number of halogens is 1. The Balaban J connectivity index is 2.06. The third-order valence-electron chi connectivity index (χ3n) is 2.83. The number of hydrogen-bond donors (Lipinski definition) is 1. The highest BCUT2D eigenvalue weighted by molar-refractivity contribution is 9.10. The van der Waals surface area contributed by atoms with Gasteiger partial charge in [0.2, 0.25) is 11.8 Å². The van der Waals surface area contributed by atoms with Gasteiger partial charge >= 0.3 is 0 Å². The van der Waals surface area contributed by atoms with E-state index in [-0.39, 0.29) is 24.4 Å². The van der Waals surface area contributed by atoms with Gasteiger partial charge < -0.3 is 10.2 Å². The van der Waals surface area contributed by atoms with Crippen LogP contribution in [0.1, 0.15) is 24.6 Å². The van der Waals surface area contributed by atoms with Crippen molar-refractivity contribution >= 4 is 39.1 Å². The number of carbonyl (C=O) groups excluding carboxylic acids is 2. The summed E-state index contributed by atoms with van der Waals surface area (Å²) in [6.07, 6.45) is 1.59. The van der Waals surface area contributed by atoms with Crippen molar-refractivity contribution in [3.8, 4) is 0 Å². The summed E-state index contributed by atoms with van der Waals surface area (Å²) < 4.78 is 1.02. The van der Waals surface area contributed by atoms with Gasteiger partial charge in [0.25, 0.3) is 0 Å². The van der Waals surface area contributed by atoms with E-state index >= 15 is 0 Å². The van der Waals surface area contributed by atoms with Gasteiger partial charge in [-0.25, -0.2) is 0 Å². The molecule has 2 amide bonds. The summed E-state index contributed by atoms with van der Waals surface area (Å²) in [6.45, 7) is 2.69. The quantitative estimate of drug-likeness (QED) is 0.919. The largest absolute Gasteiger partial charge is 0.343 e. The molecule has 0 aromatic carbocycles. The molecule has 0 aliphatic carbocycles. The predicted octanol–water partition coefficient (Wildman–Crippen LogP) is 2.14. The number of amides is 2. The summed E-state index contributed by atoms with van der Waals surface area (Å²) >= 11 is 4.98. The first-order chi connectivity index (χ1) is 8.60. The zero-order valence-corrected chi connectivity index (χ0v) is 12.5. The lowest BCUT2D eigenvalue weighted by Gasteiger charge is -2.32. The van der Waals surface area contributed by atoms with Crippen LogP contribution in [-0.4, -0.2) is 29.3 Å². The minimum absolute atomic E-state index is 0.0287. The second-order valence-electron chi connectivity index (χ2n) is 4.33. The molecule has 1 fully saturated rings. The van der Waals surface area contributed by atoms with Crippen molar-refractivity contribution in [1.82, 2.24) is 10.2 Å². The number of hydrogen-bond acceptors (Lipinski definition) is 3. The summed E-state index contributed by atoms with van der Waals surface area (Å²) in [5.41, 5.74) is 0. The van der Waals surface area contributed by atoms with Crippen LogP contribution in [-0.2, 0) is 16.1 Å². The lowest BCUT2D eigenvalue weighted by atomic mass is 10.1. The van der Waals surface area contributed by atoms with Gasteiger partial charge in [0.15, 0.2) is 0 Å². The third-order valence-corrected chi connectivity index (χ3v) is 4.51. The van der Waals surface area contributed by atoms with E-state index in [1.54, 1.807) is 16.2 Å². The van der Waals surface area contributed by atoms with E-state index in [0.29, 0.717) is 13.0 Å². The lowest BCUT2D eigenvalue weighted by Crippen LogP contribution is -2.57. The number of nitrogens with zero attached hydrogens (tertiary/aromatic N) is 1. The molecule has 2 rings (SSSR count). The molecular formula is C12H15BrN2O2S. The van der Waals surface area contributed by atoms with Crippen LogP contribution in [0, 0.1) is 0 Å². The lowest BCUT2D eigenvalue weighted by molar-refractivity contribution is -0.145. The van der Waals surface area contributed by atoms with Crippen LogP contribution in [0.3, 0.4) is 0 Å². The molecule has 0 bridgehead atoms. The van der Waals surface area contributed by atoms with Crippen molar-refractivity contribution in [2.75, 3.05) is 6.54 Å². The Labute approximate surface area is 118 Å². The maximum Gasteiger partial charge on any atom is 0.245 e. The number of rotatable bonds is 4. The van der Waals surface area contributed by atoms with Gasteiger partial charge in [0.05, 0.1) is 13.1 Å². The van der Waals surface area contributed by atoms with Crippen LogP contribution in [0.4, 0.5) is 0 Å². The van der Waals surface area contributed by atoms with Crippen molar-refractivity contribution in [2.24, 2.45) is 0 Å². The van der Waals surface area contributed by atoms with Crippen molar-refractivity contribution in [2.45, 2.75) is 32.4 Å². The minimum atomic E-state index is -0.348. The van der Waals surface area contributed by atoms with Gasteiger partial charge in [-0.1, -0.05) is 13.3 Å². The highest BCUT2D eigenvalue weighted by atomic mass is 79.9. The molecule has 0 saturated carbocycles. The fourth-order valence-electron chi connectivity index (χ4n) is 2.02. The number of carbonyl (C=O) groups is 2. The van der Waals surface area contributed by atoms with E-state index < -0.39 is 0 Å². The maximum absolute atomic E-state index is 12.2. The smallest absolute Gasteiger partial charge is 0.245 e. The van der Waals surface area contributed by atoms with Crippen LogP contribution in [0.2, 0.25) is 0 Å². The zero-order chi connectivity index (χ0) is 13.1. The van der Waals surface area contributed by atoms with Crippen LogP contribution in [0.15, 0.2) is 15.9 Å². The Morgan fingerprint density at radius 3 is 2.94 bits per heavy atom. The van der Waals surface area contributed by atoms with Crippen LogP contribution < -0.4 is 5.32 Å². The van der Waals surface area contributed by atoms with Gasteiger partial charge in [-0.2, -0.15) is 0 Å². The van der Waals surface area contributed by atoms with E-state index in [4.69, 9.17) is 0 Å². The van der Waals surface area contributed by atoms with E-state index in [2.05, 4.69) is 21.2 Å². The molecule has 1 aliphatic heterocycles. The molecule has 0 radical (unpaired) electrons. The Bertz CT molecular complexity index is 461. The van der Waals surface area contributed by atoms with Gasteiger partial charge in [-0.05, 0) is 28.4 Å². The summed E-state index contributed by atoms with van der Waals surface area (Å²) in [5.74, 6) is -0.0374. The molecule has 6 heteroatoms. The Hall–Kier alpha value is -0.880. The second-order valence-corrected chi connectivity index (χ2v) is 6.25. The molecule has 18 heavy (non-hydrogen) atoms. The molecule has 4 nitrogen and oxygen atoms in total. The van der Waals surface area contributed by atoms with Gasteiger partial charge in [0.1, 0.15) is 6.04 Å². The average molecular weight is 331 g/mol. The molecule has 0 spiro atoms. The van der Waals surface area contributed by atoms with Crippen molar-refractivity contribution in [3.63, 3.8) is 0 Å². The SMILES string of the molecule is CCCC1NC(=O)CN(Cc2cc(Br)cs2)C1=O. The van der Waals surface area contributed by atoms with Gasteiger partial charge in [0, 0.05) is 14.7 Å². The van der Waals surface area contributed by atoms with E-state index in [1.165, 1.54) is 0 Å². The van der Waals surface area contributed by atoms with Crippen LogP contribution in [0.25, 0.3) is 0 Å². The molecular weight excluding hydrogens is 316 g/mol. The molecule has 1 atom stereocenters. The highest BCUT2D eigenvalue weighted by Crippen LogP contribution is 2.22. The van der Waals surface area contributed by atoms with E-state index in [9.17, 15) is 9.59 Å². The molecule has 98 valence electrons. The van der Waals surface area contributed by atoms with Crippen molar-refractivity contribution in [3.05, 3.63) is 20.8 Å². The first-order valence-corrected chi connectivity index (χ1v) is 7.58. The number of thiophene rings is 1. The van der Waals surface area contributed by atoms with Crippen LogP contribution in [0.5, 0.6) is 0 Å². The minimum Gasteiger partial charge on any atom is -0.343 e. The molecule has 1 aliphatic rings. The molecule has 1 saturated heterocycles. The normalized spacial score (nSPS) is 20.1. The topological polar surface area (TPSA) is 49.4 Å². The molecule has 1 N–H and O–H groups in total. The number of nitrogens with one attached hydrogen (secondary N) is 1. The fourth-order valence-corrected chi connectivity index (χ4v) is 3.48. The van der Waals surface area contributed by atoms with Gasteiger partial charge in [-0.3, -0.25) is 9.59 Å². The number of piperazine rings is 1. The second kappa shape index (κ2) is 5.84. The highest BCUT2D eigenvalue weighted by Gasteiger charge is 2.31. The van der Waals surface area contributed by atoms with Crippen LogP contribution >= 0.6 is 27.3 Å². The van der Waals surface area contributed by atoms with Gasteiger partial charge in [-0.15, -0.1) is 11.3 Å².